The number of ether oxygens (including phenoxy) is 1. The molecular formula is C15H15F3N4O2. The second kappa shape index (κ2) is 6.60. The van der Waals surface area contributed by atoms with Crippen LogP contribution >= 0.6 is 0 Å². The van der Waals surface area contributed by atoms with Crippen LogP contribution in [0.3, 0.4) is 0 Å². The molecule has 1 aromatic carbocycles. The summed E-state index contributed by atoms with van der Waals surface area (Å²) < 4.78 is 42.1. The summed E-state index contributed by atoms with van der Waals surface area (Å²) in [6, 6.07) is 9.18. The molecule has 1 aliphatic heterocycles. The first-order valence-corrected chi connectivity index (χ1v) is 7.44. The van der Waals surface area contributed by atoms with Crippen molar-refractivity contribution in [1.29, 1.82) is 0 Å². The zero-order valence-electron chi connectivity index (χ0n) is 12.6. The standard InChI is InChI=1S/C15H15F3N4O2/c16-15(17,18)24-12-6-8-21(9-7-12)14(23)13-10-22(20-19-13)11-4-2-1-3-5-11/h1-5,10,12H,6-9H2. The van der Waals surface area contributed by atoms with Crippen molar-refractivity contribution in [3.63, 3.8) is 0 Å². The van der Waals surface area contributed by atoms with Gasteiger partial charge in [-0.2, -0.15) is 0 Å². The lowest BCUT2D eigenvalue weighted by Gasteiger charge is -2.31. The van der Waals surface area contributed by atoms with Crippen LogP contribution in [0, 0.1) is 0 Å². The smallest absolute Gasteiger partial charge is 0.337 e. The van der Waals surface area contributed by atoms with E-state index in [0.29, 0.717) is 0 Å². The predicted octanol–water partition coefficient (Wildman–Crippen LogP) is 2.41. The van der Waals surface area contributed by atoms with Gasteiger partial charge in [0.25, 0.3) is 5.91 Å². The summed E-state index contributed by atoms with van der Waals surface area (Å²) in [4.78, 5) is 13.9. The molecule has 0 atom stereocenters. The Morgan fingerprint density at radius 2 is 1.83 bits per heavy atom. The zero-order valence-corrected chi connectivity index (χ0v) is 12.6. The largest absolute Gasteiger partial charge is 0.522 e. The van der Waals surface area contributed by atoms with Crippen LogP contribution in [0.15, 0.2) is 36.5 Å². The van der Waals surface area contributed by atoms with Crippen LogP contribution in [0.2, 0.25) is 0 Å². The summed E-state index contributed by atoms with van der Waals surface area (Å²) in [5, 5.41) is 7.77. The van der Waals surface area contributed by atoms with Crippen molar-refractivity contribution in [3.05, 3.63) is 42.2 Å². The molecule has 1 fully saturated rings. The Balaban J connectivity index is 1.61. The molecule has 2 heterocycles. The minimum Gasteiger partial charge on any atom is -0.337 e. The third kappa shape index (κ3) is 3.91. The summed E-state index contributed by atoms with van der Waals surface area (Å²) >= 11 is 0. The molecule has 0 bridgehead atoms. The van der Waals surface area contributed by atoms with Crippen LogP contribution in [0.5, 0.6) is 0 Å². The highest BCUT2D eigenvalue weighted by Crippen LogP contribution is 2.24. The fourth-order valence-electron chi connectivity index (χ4n) is 2.60. The molecule has 1 saturated heterocycles. The lowest BCUT2D eigenvalue weighted by Crippen LogP contribution is -2.42. The van der Waals surface area contributed by atoms with Gasteiger partial charge in [-0.15, -0.1) is 18.3 Å². The Morgan fingerprint density at radius 3 is 2.46 bits per heavy atom. The number of carbonyl (C=O) groups excluding carboxylic acids is 1. The van der Waals surface area contributed by atoms with Gasteiger partial charge in [-0.1, -0.05) is 23.4 Å². The SMILES string of the molecule is O=C(c1cn(-c2ccccc2)nn1)N1CCC(OC(F)(F)F)CC1. The number of halogens is 3. The maximum absolute atomic E-state index is 12.4. The molecule has 0 spiro atoms. The summed E-state index contributed by atoms with van der Waals surface area (Å²) in [5.41, 5.74) is 0.926. The van der Waals surface area contributed by atoms with Crippen LogP contribution in [-0.2, 0) is 4.74 Å². The Morgan fingerprint density at radius 1 is 1.17 bits per heavy atom. The van der Waals surface area contributed by atoms with Crippen molar-refractivity contribution in [2.45, 2.75) is 25.3 Å². The minimum atomic E-state index is -4.64. The molecule has 3 rings (SSSR count). The molecule has 2 aromatic rings. The maximum atomic E-state index is 12.4. The lowest BCUT2D eigenvalue weighted by molar-refractivity contribution is -0.345. The Hall–Kier alpha value is -2.42. The summed E-state index contributed by atoms with van der Waals surface area (Å²) in [5.74, 6) is -0.345. The van der Waals surface area contributed by atoms with E-state index in [1.165, 1.54) is 15.8 Å². The first-order chi connectivity index (χ1) is 11.4. The monoisotopic (exact) mass is 340 g/mol. The highest BCUT2D eigenvalue weighted by Gasteiger charge is 2.36. The van der Waals surface area contributed by atoms with Crippen LogP contribution in [-0.4, -0.2) is 51.4 Å². The molecule has 0 aliphatic carbocycles. The Bertz CT molecular complexity index is 694. The van der Waals surface area contributed by atoms with Gasteiger partial charge in [-0.3, -0.25) is 9.53 Å². The number of nitrogens with zero attached hydrogens (tertiary/aromatic N) is 4. The van der Waals surface area contributed by atoms with Crippen molar-refractivity contribution < 1.29 is 22.7 Å². The fraction of sp³-hybridized carbons (Fsp3) is 0.400. The predicted molar refractivity (Wildman–Crippen MR) is 77.4 cm³/mol. The molecule has 0 radical (unpaired) electrons. The average Bonchev–Trinajstić information content (AvgIpc) is 3.04. The number of hydrogen-bond donors (Lipinski definition) is 0. The van der Waals surface area contributed by atoms with Gasteiger partial charge in [0.2, 0.25) is 0 Å². The summed E-state index contributed by atoms with van der Waals surface area (Å²) in [6.45, 7) is 0.384. The number of likely N-dealkylation sites (tertiary alicyclic amines) is 1. The highest BCUT2D eigenvalue weighted by atomic mass is 19.4. The van der Waals surface area contributed by atoms with E-state index < -0.39 is 12.5 Å². The van der Waals surface area contributed by atoms with Gasteiger partial charge in [0.05, 0.1) is 18.0 Å². The van der Waals surface area contributed by atoms with E-state index in [0.717, 1.165) is 5.69 Å². The number of rotatable bonds is 3. The molecule has 1 aromatic heterocycles. The van der Waals surface area contributed by atoms with Crippen LogP contribution < -0.4 is 0 Å². The minimum absolute atomic E-state index is 0.137. The van der Waals surface area contributed by atoms with Gasteiger partial charge in [0.1, 0.15) is 0 Å². The van der Waals surface area contributed by atoms with Crippen molar-refractivity contribution in [3.8, 4) is 5.69 Å². The number of aromatic nitrogens is 3. The van der Waals surface area contributed by atoms with Crippen LogP contribution in [0.25, 0.3) is 5.69 Å². The molecule has 0 saturated carbocycles. The van der Waals surface area contributed by atoms with Crippen molar-refractivity contribution in [2.24, 2.45) is 0 Å². The molecule has 6 nitrogen and oxygen atoms in total. The quantitative estimate of drug-likeness (QED) is 0.861. The van der Waals surface area contributed by atoms with Crippen molar-refractivity contribution >= 4 is 5.91 Å². The second-order valence-electron chi connectivity index (χ2n) is 5.44. The zero-order chi connectivity index (χ0) is 17.2. The van der Waals surface area contributed by atoms with E-state index >= 15 is 0 Å². The normalized spacial score (nSPS) is 16.4. The van der Waals surface area contributed by atoms with E-state index in [9.17, 15) is 18.0 Å². The average molecular weight is 340 g/mol. The molecule has 0 N–H and O–H groups in total. The van der Waals surface area contributed by atoms with Crippen LogP contribution in [0.1, 0.15) is 23.3 Å². The van der Waals surface area contributed by atoms with E-state index in [-0.39, 0.29) is 37.5 Å². The van der Waals surface area contributed by atoms with Crippen molar-refractivity contribution in [2.75, 3.05) is 13.1 Å². The fourth-order valence-corrected chi connectivity index (χ4v) is 2.60. The molecule has 0 unspecified atom stereocenters. The molecule has 24 heavy (non-hydrogen) atoms. The number of alkyl halides is 3. The van der Waals surface area contributed by atoms with Gasteiger partial charge in [0, 0.05) is 13.1 Å². The topological polar surface area (TPSA) is 60.2 Å². The summed E-state index contributed by atoms with van der Waals surface area (Å²) in [7, 11) is 0. The third-order valence-corrected chi connectivity index (χ3v) is 3.76. The van der Waals surface area contributed by atoms with E-state index in [2.05, 4.69) is 15.0 Å². The number of carbonyl (C=O) groups is 1. The first-order valence-electron chi connectivity index (χ1n) is 7.44. The van der Waals surface area contributed by atoms with Crippen LogP contribution in [0.4, 0.5) is 13.2 Å². The van der Waals surface area contributed by atoms with Gasteiger partial charge >= 0.3 is 6.36 Å². The number of hydrogen-bond acceptors (Lipinski definition) is 4. The molecule has 9 heteroatoms. The van der Waals surface area contributed by atoms with Gasteiger partial charge < -0.3 is 4.90 Å². The maximum Gasteiger partial charge on any atom is 0.522 e. The number of benzene rings is 1. The lowest BCUT2D eigenvalue weighted by atomic mass is 10.1. The van der Waals surface area contributed by atoms with E-state index in [1.807, 2.05) is 30.3 Å². The van der Waals surface area contributed by atoms with E-state index in [1.54, 1.807) is 0 Å². The van der Waals surface area contributed by atoms with Gasteiger partial charge in [-0.25, -0.2) is 4.68 Å². The van der Waals surface area contributed by atoms with Gasteiger partial charge in [0.15, 0.2) is 5.69 Å². The third-order valence-electron chi connectivity index (χ3n) is 3.76. The molecule has 1 amide bonds. The summed E-state index contributed by atoms with van der Waals surface area (Å²) in [6.07, 6.45) is -3.77. The molecule has 1 aliphatic rings. The molecule has 128 valence electrons. The second-order valence-corrected chi connectivity index (χ2v) is 5.44. The first kappa shape index (κ1) is 16.4. The molecular weight excluding hydrogens is 325 g/mol. The highest BCUT2D eigenvalue weighted by molar-refractivity contribution is 5.92. The van der Waals surface area contributed by atoms with E-state index in [4.69, 9.17) is 0 Å². The Kier molecular flexibility index (Phi) is 4.52. The number of piperidine rings is 1. The van der Waals surface area contributed by atoms with Crippen molar-refractivity contribution in [1.82, 2.24) is 19.9 Å². The number of amides is 1. The number of para-hydroxylation sites is 1. The Labute approximate surface area is 135 Å². The van der Waals surface area contributed by atoms with Gasteiger partial charge in [-0.05, 0) is 25.0 Å².